The first-order chi connectivity index (χ1) is 13.9. The van der Waals surface area contributed by atoms with Gasteiger partial charge in [0.2, 0.25) is 16.1 Å². The normalized spacial score (nSPS) is 15.2. The monoisotopic (exact) mass is 417 g/mol. The van der Waals surface area contributed by atoms with E-state index in [1.807, 2.05) is 0 Å². The maximum absolute atomic E-state index is 12.3. The lowest BCUT2D eigenvalue weighted by Crippen LogP contribution is -2.50. The zero-order chi connectivity index (χ0) is 20.9. The molecule has 1 aliphatic heterocycles. The molecule has 0 bridgehead atoms. The van der Waals surface area contributed by atoms with Crippen molar-refractivity contribution in [1.29, 1.82) is 0 Å². The van der Waals surface area contributed by atoms with Gasteiger partial charge in [0.15, 0.2) is 11.5 Å². The van der Waals surface area contributed by atoms with Gasteiger partial charge in [-0.05, 0) is 30.3 Å². The summed E-state index contributed by atoms with van der Waals surface area (Å²) in [5.41, 5.74) is 4.54. The van der Waals surface area contributed by atoms with Crippen LogP contribution >= 0.6 is 0 Å². The Labute approximate surface area is 167 Å². The summed E-state index contributed by atoms with van der Waals surface area (Å²) < 4.78 is 37.6. The van der Waals surface area contributed by atoms with Gasteiger partial charge in [-0.1, -0.05) is 24.3 Å². The molecule has 1 unspecified atom stereocenters. The number of fused-ring (bicyclic) bond motifs is 1. The van der Waals surface area contributed by atoms with Gasteiger partial charge in [0.05, 0.1) is 4.90 Å². The molecule has 2 amide bonds. The molecule has 2 aromatic carbocycles. The highest BCUT2D eigenvalue weighted by Crippen LogP contribution is 2.30. The van der Waals surface area contributed by atoms with Crippen molar-refractivity contribution in [1.82, 2.24) is 15.6 Å². The highest BCUT2D eigenvalue weighted by atomic mass is 32.2. The maximum atomic E-state index is 12.3. The minimum atomic E-state index is -3.78. The average molecular weight is 417 g/mol. The third-order valence-corrected chi connectivity index (χ3v) is 5.35. The van der Waals surface area contributed by atoms with Crippen molar-refractivity contribution in [2.45, 2.75) is 11.0 Å². The third kappa shape index (κ3) is 4.92. The molecule has 0 saturated carbocycles. The molecular weight excluding hydrogens is 398 g/mol. The molecule has 3 N–H and O–H groups in total. The lowest BCUT2D eigenvalue weighted by molar-refractivity contribution is -0.131. The van der Waals surface area contributed by atoms with Crippen molar-refractivity contribution >= 4 is 21.8 Å². The molecule has 1 aliphatic rings. The molecule has 0 radical (unpaired) electrons. The first kappa shape index (κ1) is 20.4. The van der Waals surface area contributed by atoms with E-state index >= 15 is 0 Å². The van der Waals surface area contributed by atoms with Crippen LogP contribution in [0.5, 0.6) is 11.5 Å². The van der Waals surface area contributed by atoms with Crippen molar-refractivity contribution in [2.75, 3.05) is 13.2 Å². The van der Waals surface area contributed by atoms with Gasteiger partial charge in [0.1, 0.15) is 6.61 Å². The summed E-state index contributed by atoms with van der Waals surface area (Å²) in [6.45, 7) is 3.49. The number of hydrogen-bond donors (Lipinski definition) is 3. The van der Waals surface area contributed by atoms with Crippen LogP contribution in [0.3, 0.4) is 0 Å². The van der Waals surface area contributed by atoms with Crippen molar-refractivity contribution in [3.05, 3.63) is 66.7 Å². The summed E-state index contributed by atoms with van der Waals surface area (Å²) in [5.74, 6) is -0.334. The standard InChI is InChI=1S/C19H19N3O6S/c1-2-10-20-29(25,26)14-7-5-6-13(11-14)18(23)21-22-19(24)17-12-27-15-8-3-4-9-16(15)28-17/h2-9,11,17,20H,1,10,12H2,(H,21,23)(H,22,24). The number of para-hydroxylation sites is 2. The first-order valence-electron chi connectivity index (χ1n) is 8.60. The molecule has 10 heteroatoms. The van der Waals surface area contributed by atoms with E-state index in [1.54, 1.807) is 24.3 Å². The van der Waals surface area contributed by atoms with Crippen molar-refractivity contribution < 1.29 is 27.5 Å². The van der Waals surface area contributed by atoms with Crippen molar-refractivity contribution in [3.63, 3.8) is 0 Å². The Balaban J connectivity index is 1.60. The minimum absolute atomic E-state index is 0.0125. The Kier molecular flexibility index (Phi) is 6.15. The van der Waals surface area contributed by atoms with Gasteiger partial charge in [0, 0.05) is 12.1 Å². The average Bonchev–Trinajstić information content (AvgIpc) is 2.75. The highest BCUT2D eigenvalue weighted by molar-refractivity contribution is 7.89. The van der Waals surface area contributed by atoms with Crippen LogP contribution in [0.4, 0.5) is 0 Å². The van der Waals surface area contributed by atoms with Crippen LogP contribution in [-0.4, -0.2) is 39.5 Å². The fourth-order valence-corrected chi connectivity index (χ4v) is 3.52. The zero-order valence-corrected chi connectivity index (χ0v) is 16.1. The SMILES string of the molecule is C=CCNS(=O)(=O)c1cccc(C(=O)NNC(=O)C2COc3ccccc3O2)c1. The molecule has 29 heavy (non-hydrogen) atoms. The van der Waals surface area contributed by atoms with Crippen LogP contribution in [0.25, 0.3) is 0 Å². The van der Waals surface area contributed by atoms with Gasteiger partial charge in [-0.15, -0.1) is 6.58 Å². The van der Waals surface area contributed by atoms with Crippen LogP contribution in [0.15, 0.2) is 66.1 Å². The highest BCUT2D eigenvalue weighted by Gasteiger charge is 2.27. The van der Waals surface area contributed by atoms with Crippen molar-refractivity contribution in [2.24, 2.45) is 0 Å². The summed E-state index contributed by atoms with van der Waals surface area (Å²) in [6.07, 6.45) is 0.457. The number of hydrazine groups is 1. The second-order valence-electron chi connectivity index (χ2n) is 5.98. The fourth-order valence-electron chi connectivity index (χ4n) is 2.48. The molecule has 2 aromatic rings. The quantitative estimate of drug-likeness (QED) is 0.471. The predicted octanol–water partition coefficient (Wildman–Crippen LogP) is 0.752. The van der Waals surface area contributed by atoms with E-state index in [1.165, 1.54) is 30.3 Å². The second kappa shape index (κ2) is 8.76. The predicted molar refractivity (Wildman–Crippen MR) is 104 cm³/mol. The summed E-state index contributed by atoms with van der Waals surface area (Å²) in [5, 5.41) is 0. The van der Waals surface area contributed by atoms with E-state index in [9.17, 15) is 18.0 Å². The van der Waals surface area contributed by atoms with Crippen LogP contribution < -0.4 is 25.0 Å². The molecule has 3 rings (SSSR count). The van der Waals surface area contributed by atoms with E-state index in [0.717, 1.165) is 0 Å². The molecule has 0 aliphatic carbocycles. The third-order valence-electron chi connectivity index (χ3n) is 3.92. The molecule has 0 aromatic heterocycles. The number of rotatable bonds is 6. The summed E-state index contributed by atoms with van der Waals surface area (Å²) in [4.78, 5) is 24.5. The Morgan fingerprint density at radius 1 is 1.10 bits per heavy atom. The summed E-state index contributed by atoms with van der Waals surface area (Å²) >= 11 is 0. The second-order valence-corrected chi connectivity index (χ2v) is 7.74. The van der Waals surface area contributed by atoms with E-state index in [0.29, 0.717) is 11.5 Å². The van der Waals surface area contributed by atoms with E-state index in [2.05, 4.69) is 22.2 Å². The summed E-state index contributed by atoms with van der Waals surface area (Å²) in [7, 11) is -3.78. The van der Waals surface area contributed by atoms with Gasteiger partial charge in [-0.2, -0.15) is 0 Å². The number of carbonyl (C=O) groups is 2. The number of amides is 2. The number of sulfonamides is 1. The lowest BCUT2D eigenvalue weighted by Gasteiger charge is -2.25. The molecule has 0 fully saturated rings. The largest absolute Gasteiger partial charge is 0.485 e. The number of carbonyl (C=O) groups excluding carboxylic acids is 2. The Morgan fingerprint density at radius 2 is 1.86 bits per heavy atom. The minimum Gasteiger partial charge on any atom is -0.485 e. The van der Waals surface area contributed by atoms with E-state index in [4.69, 9.17) is 9.47 Å². The smallest absolute Gasteiger partial charge is 0.283 e. The number of nitrogens with one attached hydrogen (secondary N) is 3. The number of hydrogen-bond acceptors (Lipinski definition) is 6. The van der Waals surface area contributed by atoms with E-state index in [-0.39, 0.29) is 23.6 Å². The zero-order valence-electron chi connectivity index (χ0n) is 15.3. The molecule has 0 spiro atoms. The van der Waals surface area contributed by atoms with Crippen LogP contribution in [0.1, 0.15) is 10.4 Å². The fraction of sp³-hybridized carbons (Fsp3) is 0.158. The Morgan fingerprint density at radius 3 is 2.62 bits per heavy atom. The van der Waals surface area contributed by atoms with Crippen LogP contribution in [0, 0.1) is 0 Å². The van der Waals surface area contributed by atoms with Crippen LogP contribution in [-0.2, 0) is 14.8 Å². The Bertz CT molecular complexity index is 1040. The molecular formula is C19H19N3O6S. The molecule has 152 valence electrons. The van der Waals surface area contributed by atoms with Crippen LogP contribution in [0.2, 0.25) is 0 Å². The van der Waals surface area contributed by atoms with Gasteiger partial charge in [0.25, 0.3) is 11.8 Å². The van der Waals surface area contributed by atoms with E-state index < -0.39 is 27.9 Å². The number of benzene rings is 2. The first-order valence-corrected chi connectivity index (χ1v) is 10.1. The van der Waals surface area contributed by atoms with Gasteiger partial charge in [-0.3, -0.25) is 20.4 Å². The van der Waals surface area contributed by atoms with Gasteiger partial charge >= 0.3 is 0 Å². The van der Waals surface area contributed by atoms with Gasteiger partial charge < -0.3 is 9.47 Å². The summed E-state index contributed by atoms with van der Waals surface area (Å²) in [6, 6.07) is 12.3. The topological polar surface area (TPSA) is 123 Å². The molecule has 1 heterocycles. The number of ether oxygens (including phenoxy) is 2. The lowest BCUT2D eigenvalue weighted by atomic mass is 10.2. The molecule has 9 nitrogen and oxygen atoms in total. The van der Waals surface area contributed by atoms with Crippen molar-refractivity contribution in [3.8, 4) is 11.5 Å². The molecule has 0 saturated heterocycles. The molecule has 1 atom stereocenters. The Hall–Kier alpha value is -3.37. The van der Waals surface area contributed by atoms with Gasteiger partial charge in [-0.25, -0.2) is 13.1 Å². The maximum Gasteiger partial charge on any atom is 0.283 e.